The molecule has 2 saturated carbocycles. The molecule has 0 aromatic carbocycles. The molecule has 0 saturated heterocycles. The second kappa shape index (κ2) is 3.82. The fourth-order valence-electron chi connectivity index (χ4n) is 2.06. The number of aliphatic hydroxyl groups is 1. The molecule has 0 aromatic heterocycles. The molecule has 0 radical (unpaired) electrons. The zero-order valence-electron chi connectivity index (χ0n) is 8.70. The number of nitriles is 1. The molecular weight excluding hydrogens is 192 g/mol. The molecule has 2 fully saturated rings. The summed E-state index contributed by atoms with van der Waals surface area (Å²) in [5, 5.41) is 21.1. The van der Waals surface area contributed by atoms with Crippen molar-refractivity contribution in [3.05, 3.63) is 0 Å². The van der Waals surface area contributed by atoms with Crippen molar-refractivity contribution < 1.29 is 9.90 Å². The van der Waals surface area contributed by atoms with Crippen LogP contribution < -0.4 is 5.32 Å². The van der Waals surface area contributed by atoms with Gasteiger partial charge in [-0.3, -0.25) is 4.79 Å². The molecule has 2 aliphatic carbocycles. The Kier molecular flexibility index (Phi) is 2.66. The Bertz CT molecular complexity index is 296. The number of carbonyl (C=O) groups is 1. The van der Waals surface area contributed by atoms with Crippen molar-refractivity contribution in [2.75, 3.05) is 0 Å². The van der Waals surface area contributed by atoms with Gasteiger partial charge in [0.15, 0.2) is 0 Å². The highest BCUT2D eigenvalue weighted by Crippen LogP contribution is 2.45. The first kappa shape index (κ1) is 10.4. The summed E-state index contributed by atoms with van der Waals surface area (Å²) in [7, 11) is 0. The van der Waals surface area contributed by atoms with Gasteiger partial charge in [-0.15, -0.1) is 0 Å². The number of hydrogen-bond donors (Lipinski definition) is 2. The van der Waals surface area contributed by atoms with Crippen LogP contribution in [-0.2, 0) is 4.79 Å². The molecule has 2 rings (SSSR count). The topological polar surface area (TPSA) is 73.1 Å². The van der Waals surface area contributed by atoms with Gasteiger partial charge < -0.3 is 10.4 Å². The van der Waals surface area contributed by atoms with E-state index in [1.807, 2.05) is 0 Å². The van der Waals surface area contributed by atoms with E-state index in [9.17, 15) is 9.90 Å². The summed E-state index contributed by atoms with van der Waals surface area (Å²) in [5.41, 5.74) is -0.712. The largest absolute Gasteiger partial charge is 0.393 e. The normalized spacial score (nSPS) is 32.8. The highest BCUT2D eigenvalue weighted by atomic mass is 16.3. The number of nitrogens with zero attached hydrogens (tertiary/aromatic N) is 1. The summed E-state index contributed by atoms with van der Waals surface area (Å²) in [5.74, 6) is -0.105. The van der Waals surface area contributed by atoms with E-state index in [-0.39, 0.29) is 18.1 Å². The number of aliphatic hydroxyl groups excluding tert-OH is 1. The maximum Gasteiger partial charge on any atom is 0.240 e. The number of nitrogens with one attached hydrogen (secondary N) is 1. The molecule has 15 heavy (non-hydrogen) atoms. The van der Waals surface area contributed by atoms with E-state index in [1.165, 1.54) is 0 Å². The summed E-state index contributed by atoms with van der Waals surface area (Å²) in [4.78, 5) is 11.7. The van der Waals surface area contributed by atoms with Crippen LogP contribution in [0.5, 0.6) is 0 Å². The monoisotopic (exact) mass is 208 g/mol. The van der Waals surface area contributed by atoms with Crippen LogP contribution in [-0.4, -0.2) is 23.2 Å². The summed E-state index contributed by atoms with van der Waals surface area (Å²) >= 11 is 0. The summed E-state index contributed by atoms with van der Waals surface area (Å²) in [6.45, 7) is 0. The lowest BCUT2D eigenvalue weighted by Crippen LogP contribution is -2.42. The minimum atomic E-state index is -0.712. The molecule has 2 aliphatic rings. The van der Waals surface area contributed by atoms with E-state index < -0.39 is 5.41 Å². The van der Waals surface area contributed by atoms with Gasteiger partial charge in [-0.1, -0.05) is 0 Å². The van der Waals surface area contributed by atoms with Gasteiger partial charge in [0.25, 0.3) is 0 Å². The lowest BCUT2D eigenvalue weighted by atomic mass is 9.92. The number of amides is 1. The van der Waals surface area contributed by atoms with Crippen molar-refractivity contribution in [2.24, 2.45) is 5.41 Å². The Morgan fingerprint density at radius 3 is 2.40 bits per heavy atom. The van der Waals surface area contributed by atoms with Crippen LogP contribution >= 0.6 is 0 Å². The first-order valence-corrected chi connectivity index (χ1v) is 5.56. The molecule has 0 heterocycles. The molecule has 82 valence electrons. The van der Waals surface area contributed by atoms with Crippen molar-refractivity contribution >= 4 is 5.91 Å². The van der Waals surface area contributed by atoms with Crippen LogP contribution in [0.1, 0.15) is 38.5 Å². The van der Waals surface area contributed by atoms with Crippen molar-refractivity contribution in [2.45, 2.75) is 50.7 Å². The van der Waals surface area contributed by atoms with Crippen LogP contribution in [0.15, 0.2) is 0 Å². The summed E-state index contributed by atoms with van der Waals surface area (Å²) in [6.07, 6.45) is 4.36. The van der Waals surface area contributed by atoms with Crippen molar-refractivity contribution in [3.8, 4) is 6.07 Å². The quantitative estimate of drug-likeness (QED) is 0.702. The number of rotatable bonds is 2. The lowest BCUT2D eigenvalue weighted by Gasteiger charge is -2.26. The Morgan fingerprint density at radius 1 is 1.33 bits per heavy atom. The van der Waals surface area contributed by atoms with E-state index in [1.54, 1.807) is 0 Å². The van der Waals surface area contributed by atoms with Gasteiger partial charge in [-0.2, -0.15) is 5.26 Å². The van der Waals surface area contributed by atoms with E-state index in [2.05, 4.69) is 11.4 Å². The smallest absolute Gasteiger partial charge is 0.240 e. The van der Waals surface area contributed by atoms with E-state index in [0.717, 1.165) is 25.7 Å². The fraction of sp³-hybridized carbons (Fsp3) is 0.818. The van der Waals surface area contributed by atoms with Crippen molar-refractivity contribution in [1.29, 1.82) is 5.26 Å². The second-order valence-corrected chi connectivity index (χ2v) is 4.67. The molecule has 0 bridgehead atoms. The molecule has 1 amide bonds. The van der Waals surface area contributed by atoms with Gasteiger partial charge in [0.05, 0.1) is 12.2 Å². The van der Waals surface area contributed by atoms with Gasteiger partial charge in [0, 0.05) is 6.04 Å². The standard InChI is InChI=1S/C11H16N2O2/c12-7-11(5-6-11)10(15)13-8-1-3-9(14)4-2-8/h8-9,14H,1-6H2,(H,13,15). The van der Waals surface area contributed by atoms with Gasteiger partial charge in [-0.25, -0.2) is 0 Å². The molecular formula is C11H16N2O2. The third-order valence-corrected chi connectivity index (χ3v) is 3.43. The predicted molar refractivity (Wildman–Crippen MR) is 53.7 cm³/mol. The van der Waals surface area contributed by atoms with Crippen molar-refractivity contribution in [3.63, 3.8) is 0 Å². The van der Waals surface area contributed by atoms with Crippen LogP contribution in [0.4, 0.5) is 0 Å². The highest BCUT2D eigenvalue weighted by Gasteiger charge is 2.51. The van der Waals surface area contributed by atoms with Crippen LogP contribution in [0.3, 0.4) is 0 Å². The highest BCUT2D eigenvalue weighted by molar-refractivity contribution is 5.88. The molecule has 0 aromatic rings. The summed E-state index contributed by atoms with van der Waals surface area (Å²) < 4.78 is 0. The predicted octanol–water partition coefficient (Wildman–Crippen LogP) is 0.710. The fourth-order valence-corrected chi connectivity index (χ4v) is 2.06. The van der Waals surface area contributed by atoms with E-state index in [4.69, 9.17) is 5.26 Å². The van der Waals surface area contributed by atoms with Crippen LogP contribution in [0.2, 0.25) is 0 Å². The zero-order valence-corrected chi connectivity index (χ0v) is 8.70. The Labute approximate surface area is 89.3 Å². The molecule has 4 heteroatoms. The maximum absolute atomic E-state index is 11.7. The third-order valence-electron chi connectivity index (χ3n) is 3.43. The Balaban J connectivity index is 1.83. The molecule has 0 spiro atoms. The Hall–Kier alpha value is -1.08. The Morgan fingerprint density at radius 2 is 1.93 bits per heavy atom. The minimum absolute atomic E-state index is 0.105. The average molecular weight is 208 g/mol. The van der Waals surface area contributed by atoms with Crippen LogP contribution in [0, 0.1) is 16.7 Å². The zero-order chi connectivity index (χ0) is 10.9. The molecule has 0 atom stereocenters. The number of hydrogen-bond acceptors (Lipinski definition) is 3. The summed E-state index contributed by atoms with van der Waals surface area (Å²) in [6, 6.07) is 2.25. The van der Waals surface area contributed by atoms with Gasteiger partial charge in [0.1, 0.15) is 5.41 Å². The maximum atomic E-state index is 11.7. The SMILES string of the molecule is N#CC1(C(=O)NC2CCC(O)CC2)CC1. The lowest BCUT2D eigenvalue weighted by molar-refractivity contribution is -0.125. The molecule has 4 nitrogen and oxygen atoms in total. The first-order valence-electron chi connectivity index (χ1n) is 5.56. The molecule has 2 N–H and O–H groups in total. The third kappa shape index (κ3) is 2.13. The first-order chi connectivity index (χ1) is 7.16. The van der Waals surface area contributed by atoms with Gasteiger partial charge in [0.2, 0.25) is 5.91 Å². The minimum Gasteiger partial charge on any atom is -0.393 e. The van der Waals surface area contributed by atoms with Crippen molar-refractivity contribution in [1.82, 2.24) is 5.32 Å². The van der Waals surface area contributed by atoms with Crippen LogP contribution in [0.25, 0.3) is 0 Å². The van der Waals surface area contributed by atoms with Gasteiger partial charge in [-0.05, 0) is 38.5 Å². The van der Waals surface area contributed by atoms with E-state index in [0.29, 0.717) is 12.8 Å². The molecule has 0 aliphatic heterocycles. The average Bonchev–Trinajstić information content (AvgIpc) is 3.02. The molecule has 0 unspecified atom stereocenters. The van der Waals surface area contributed by atoms with Gasteiger partial charge >= 0.3 is 0 Å². The second-order valence-electron chi connectivity index (χ2n) is 4.67. The number of carbonyl (C=O) groups excluding carboxylic acids is 1. The van der Waals surface area contributed by atoms with E-state index >= 15 is 0 Å².